The number of anilines is 4. The second kappa shape index (κ2) is 11.0. The highest BCUT2D eigenvalue weighted by molar-refractivity contribution is 6.04. The molecule has 3 N–H and O–H groups in total. The van der Waals surface area contributed by atoms with Crippen LogP contribution in [-0.4, -0.2) is 89.7 Å². The highest BCUT2D eigenvalue weighted by Gasteiger charge is 2.41. The van der Waals surface area contributed by atoms with Crippen LogP contribution in [0.5, 0.6) is 5.75 Å². The Morgan fingerprint density at radius 3 is 2.72 bits per heavy atom. The number of piperazine rings is 1. The van der Waals surface area contributed by atoms with Gasteiger partial charge in [0.2, 0.25) is 11.9 Å². The van der Waals surface area contributed by atoms with E-state index in [1.165, 1.54) is 12.0 Å². The van der Waals surface area contributed by atoms with E-state index in [0.29, 0.717) is 48.1 Å². The van der Waals surface area contributed by atoms with Crippen molar-refractivity contribution in [3.8, 4) is 5.75 Å². The average molecular weight is 538 g/mol. The van der Waals surface area contributed by atoms with Crippen molar-refractivity contribution in [2.75, 3.05) is 48.9 Å². The van der Waals surface area contributed by atoms with Crippen LogP contribution in [0.25, 0.3) is 0 Å². The number of aromatic nitrogens is 2. The van der Waals surface area contributed by atoms with Gasteiger partial charge in [0.15, 0.2) is 5.82 Å². The third-order valence-corrected chi connectivity index (χ3v) is 7.87. The van der Waals surface area contributed by atoms with E-state index in [-0.39, 0.29) is 30.4 Å². The van der Waals surface area contributed by atoms with Gasteiger partial charge >= 0.3 is 5.97 Å². The largest absolute Gasteiger partial charge is 0.495 e. The summed E-state index contributed by atoms with van der Waals surface area (Å²) in [6.45, 7) is 2.94. The van der Waals surface area contributed by atoms with Gasteiger partial charge in [0, 0.05) is 38.3 Å². The van der Waals surface area contributed by atoms with E-state index in [0.717, 1.165) is 31.5 Å². The molecular formula is C27H35N7O5. The number of methoxy groups -OCH3 is 1. The van der Waals surface area contributed by atoms with Crippen LogP contribution in [0.2, 0.25) is 0 Å². The van der Waals surface area contributed by atoms with Crippen molar-refractivity contribution in [3.05, 3.63) is 30.0 Å². The number of ether oxygens (including phenoxy) is 1. The Hall–Kier alpha value is -3.93. The number of carbonyl (C=O) groups excluding carboxylic acids is 2. The van der Waals surface area contributed by atoms with E-state index in [9.17, 15) is 19.5 Å². The lowest BCUT2D eigenvalue weighted by atomic mass is 10.0. The van der Waals surface area contributed by atoms with Gasteiger partial charge in [-0.05, 0) is 37.5 Å². The zero-order chi connectivity index (χ0) is 27.7. The smallest absolute Gasteiger partial charge is 0.322 e. The van der Waals surface area contributed by atoms with Crippen LogP contribution in [0.15, 0.2) is 24.4 Å². The minimum absolute atomic E-state index is 0.0577. The number of amides is 2. The summed E-state index contributed by atoms with van der Waals surface area (Å²) >= 11 is 0. The molecule has 2 atom stereocenters. The molecular weight excluding hydrogens is 502 g/mol. The molecule has 1 aliphatic carbocycles. The molecule has 5 rings (SSSR count). The average Bonchev–Trinajstić information content (AvgIpc) is 3.49. The molecule has 2 amide bonds. The first-order valence-corrected chi connectivity index (χ1v) is 13.5. The van der Waals surface area contributed by atoms with E-state index in [4.69, 9.17) is 9.72 Å². The third kappa shape index (κ3) is 5.08. The Morgan fingerprint density at radius 1 is 1.26 bits per heavy atom. The number of nitrogens with zero attached hydrogens (tertiary/aromatic N) is 5. The first-order chi connectivity index (χ1) is 18.8. The lowest BCUT2D eigenvalue weighted by Gasteiger charge is -2.43. The fourth-order valence-corrected chi connectivity index (χ4v) is 5.77. The molecule has 3 aliphatic rings. The minimum Gasteiger partial charge on any atom is -0.495 e. The Bertz CT molecular complexity index is 1270. The van der Waals surface area contributed by atoms with Crippen LogP contribution in [0.3, 0.4) is 0 Å². The number of nitrogens with one attached hydrogen (secondary N) is 2. The first-order valence-electron chi connectivity index (χ1n) is 13.5. The van der Waals surface area contributed by atoms with Gasteiger partial charge in [0.05, 0.1) is 19.0 Å². The van der Waals surface area contributed by atoms with Gasteiger partial charge in [-0.1, -0.05) is 19.8 Å². The van der Waals surface area contributed by atoms with Gasteiger partial charge in [0.25, 0.3) is 5.91 Å². The Morgan fingerprint density at radius 2 is 2.03 bits per heavy atom. The summed E-state index contributed by atoms with van der Waals surface area (Å²) < 4.78 is 5.58. The van der Waals surface area contributed by atoms with Crippen LogP contribution in [-0.2, 0) is 9.59 Å². The molecule has 0 radical (unpaired) electrons. The van der Waals surface area contributed by atoms with Crippen LogP contribution in [0, 0.1) is 0 Å². The Kier molecular flexibility index (Phi) is 7.56. The van der Waals surface area contributed by atoms with Crippen molar-refractivity contribution in [2.45, 2.75) is 57.2 Å². The number of fused-ring (bicyclic) bond motifs is 1. The maximum absolute atomic E-state index is 13.1. The molecule has 12 heteroatoms. The summed E-state index contributed by atoms with van der Waals surface area (Å²) in [7, 11) is 3.28. The fraction of sp³-hybridized carbons (Fsp3) is 0.519. The van der Waals surface area contributed by atoms with E-state index in [1.54, 1.807) is 36.3 Å². The summed E-state index contributed by atoms with van der Waals surface area (Å²) in [4.78, 5) is 52.3. The molecule has 1 aromatic heterocycles. The van der Waals surface area contributed by atoms with Crippen LogP contribution in [0.4, 0.5) is 23.1 Å². The molecule has 2 aromatic rings. The highest BCUT2D eigenvalue weighted by atomic mass is 16.5. The maximum atomic E-state index is 13.1. The molecule has 0 spiro atoms. The van der Waals surface area contributed by atoms with Gasteiger partial charge in [-0.15, -0.1) is 0 Å². The van der Waals surface area contributed by atoms with Gasteiger partial charge in [0.1, 0.15) is 23.5 Å². The van der Waals surface area contributed by atoms with Gasteiger partial charge < -0.3 is 35.2 Å². The fourth-order valence-electron chi connectivity index (χ4n) is 5.77. The van der Waals surface area contributed by atoms with Crippen molar-refractivity contribution in [1.29, 1.82) is 0 Å². The summed E-state index contributed by atoms with van der Waals surface area (Å²) in [5.41, 5.74) is 1.66. The maximum Gasteiger partial charge on any atom is 0.322 e. The predicted molar refractivity (Wildman–Crippen MR) is 146 cm³/mol. The standard InChI is InChI=1S/C27H35N7O5/c1-4-20-25(36)32(2)21-14-29-27(31-23(21)34(20)17-7-5-6-8-17)30-18-10-9-16(13-22(18)39-3)24(35)33-12-11-28-19(15-33)26(37)38/h9-10,13-14,17,19-20,28H,4-8,11-12,15H2,1-3H3,(H,37,38)(H,29,30,31)/t19?,20-/m1/s1. The van der Waals surface area contributed by atoms with Crippen molar-refractivity contribution >= 4 is 40.9 Å². The van der Waals surface area contributed by atoms with Gasteiger partial charge in [-0.2, -0.15) is 4.98 Å². The highest BCUT2D eigenvalue weighted by Crippen LogP contribution is 2.40. The zero-order valence-corrected chi connectivity index (χ0v) is 22.5. The molecule has 208 valence electrons. The third-order valence-electron chi connectivity index (χ3n) is 7.87. The topological polar surface area (TPSA) is 140 Å². The minimum atomic E-state index is -0.984. The molecule has 1 unspecified atom stereocenters. The monoisotopic (exact) mass is 537 g/mol. The number of aliphatic carboxylic acids is 1. The van der Waals surface area contributed by atoms with Crippen molar-refractivity contribution in [2.24, 2.45) is 0 Å². The number of benzene rings is 1. The molecule has 3 heterocycles. The van der Waals surface area contributed by atoms with Crippen LogP contribution >= 0.6 is 0 Å². The van der Waals surface area contributed by atoms with Crippen LogP contribution < -0.4 is 25.2 Å². The first kappa shape index (κ1) is 26.7. The SMILES string of the molecule is CC[C@@H]1C(=O)N(C)c2cnc(Nc3ccc(C(=O)N4CCNC(C(=O)O)C4)cc3OC)nc2N1C1CCCC1. The molecule has 39 heavy (non-hydrogen) atoms. The zero-order valence-electron chi connectivity index (χ0n) is 22.5. The second-order valence-electron chi connectivity index (χ2n) is 10.2. The number of rotatable bonds is 7. The van der Waals surface area contributed by atoms with E-state index < -0.39 is 12.0 Å². The predicted octanol–water partition coefficient (Wildman–Crippen LogP) is 2.23. The Labute approximate surface area is 227 Å². The number of carboxylic acid groups (broad SMARTS) is 1. The van der Waals surface area contributed by atoms with Gasteiger partial charge in [-0.3, -0.25) is 14.4 Å². The second-order valence-corrected chi connectivity index (χ2v) is 10.2. The van der Waals surface area contributed by atoms with E-state index in [1.807, 2.05) is 6.92 Å². The molecule has 0 bridgehead atoms. The summed E-state index contributed by atoms with van der Waals surface area (Å²) in [5, 5.41) is 15.4. The lowest BCUT2D eigenvalue weighted by Crippen LogP contribution is -2.55. The summed E-state index contributed by atoms with van der Waals surface area (Å²) in [5.74, 6) is 0.342. The van der Waals surface area contributed by atoms with Gasteiger partial charge in [-0.25, -0.2) is 4.98 Å². The molecule has 2 fully saturated rings. The number of hydrogen-bond donors (Lipinski definition) is 3. The summed E-state index contributed by atoms with van der Waals surface area (Å²) in [6.07, 6.45) is 6.70. The number of carboxylic acids is 1. The normalized spacial score (nSPS) is 21.6. The number of carbonyl (C=O) groups is 3. The molecule has 1 saturated carbocycles. The molecule has 12 nitrogen and oxygen atoms in total. The number of likely N-dealkylation sites (N-methyl/N-ethyl adjacent to an activating group) is 1. The van der Waals surface area contributed by atoms with Crippen molar-refractivity contribution in [3.63, 3.8) is 0 Å². The summed E-state index contributed by atoms with van der Waals surface area (Å²) in [6, 6.07) is 4.24. The molecule has 1 aromatic carbocycles. The van der Waals surface area contributed by atoms with E-state index in [2.05, 4.69) is 20.5 Å². The lowest BCUT2D eigenvalue weighted by molar-refractivity contribution is -0.140. The Balaban J connectivity index is 1.41. The van der Waals surface area contributed by atoms with Crippen LogP contribution in [0.1, 0.15) is 49.4 Å². The molecule has 2 aliphatic heterocycles. The molecule has 1 saturated heterocycles. The quantitative estimate of drug-likeness (QED) is 0.482. The van der Waals surface area contributed by atoms with E-state index >= 15 is 0 Å². The number of hydrogen-bond acceptors (Lipinski definition) is 9. The van der Waals surface area contributed by atoms with Crippen molar-refractivity contribution < 1.29 is 24.2 Å². The van der Waals surface area contributed by atoms with Crippen molar-refractivity contribution in [1.82, 2.24) is 20.2 Å².